The Morgan fingerprint density at radius 2 is 1.90 bits per heavy atom. The molecule has 270 valence electrons. The fourth-order valence-corrected chi connectivity index (χ4v) is 8.26. The molecule has 0 radical (unpaired) electrons. The van der Waals surface area contributed by atoms with Crippen molar-refractivity contribution in [1.82, 2.24) is 25.2 Å². The van der Waals surface area contributed by atoms with Gasteiger partial charge in [0, 0.05) is 18.9 Å². The zero-order chi connectivity index (χ0) is 36.0. The van der Waals surface area contributed by atoms with Gasteiger partial charge in [0.05, 0.1) is 24.9 Å². The summed E-state index contributed by atoms with van der Waals surface area (Å²) in [6.07, 6.45) is 5.28. The van der Waals surface area contributed by atoms with Crippen molar-refractivity contribution in [3.05, 3.63) is 53.6 Å². The third-order valence-corrected chi connectivity index (χ3v) is 11.9. The molecular formula is C35H45N5O9S. The van der Waals surface area contributed by atoms with E-state index in [2.05, 4.69) is 21.9 Å². The number of carbonyl (C=O) groups excluding carboxylic acids is 5. The van der Waals surface area contributed by atoms with Crippen LogP contribution in [0.3, 0.4) is 0 Å². The smallest absolute Gasteiger partial charge is 0.410 e. The molecule has 5 atom stereocenters. The molecule has 3 heterocycles. The molecule has 3 aliphatic heterocycles. The maximum Gasteiger partial charge on any atom is 0.410 e. The van der Waals surface area contributed by atoms with Crippen molar-refractivity contribution in [2.45, 2.75) is 101 Å². The van der Waals surface area contributed by atoms with Crippen LogP contribution in [0.1, 0.15) is 76.0 Å². The number of hydrogen-bond acceptors (Lipinski definition) is 9. The summed E-state index contributed by atoms with van der Waals surface area (Å²) in [6.45, 7) is 9.65. The zero-order valence-electron chi connectivity index (χ0n) is 28.6. The van der Waals surface area contributed by atoms with Crippen molar-refractivity contribution in [3.8, 4) is 0 Å². The van der Waals surface area contributed by atoms with E-state index >= 15 is 0 Å². The lowest BCUT2D eigenvalue weighted by atomic mass is 9.85. The molecule has 15 heteroatoms. The molecule has 3 N–H and O–H groups in total. The molecule has 1 saturated heterocycles. The lowest BCUT2D eigenvalue weighted by Gasteiger charge is -2.35. The number of sulfonamides is 1. The van der Waals surface area contributed by atoms with E-state index in [1.54, 1.807) is 25.7 Å². The van der Waals surface area contributed by atoms with Crippen LogP contribution in [-0.2, 0) is 47.0 Å². The molecule has 6 rings (SSSR count). The number of alkyl carbamates (subject to hydrolysis) is 1. The van der Waals surface area contributed by atoms with Gasteiger partial charge in [0.25, 0.3) is 5.91 Å². The summed E-state index contributed by atoms with van der Waals surface area (Å²) in [7, 11) is -3.90. The van der Waals surface area contributed by atoms with Crippen molar-refractivity contribution in [2.24, 2.45) is 11.3 Å². The zero-order valence-corrected chi connectivity index (χ0v) is 29.4. The average Bonchev–Trinajstić information content (AvgIpc) is 3.94. The van der Waals surface area contributed by atoms with Gasteiger partial charge < -0.3 is 25.0 Å². The summed E-state index contributed by atoms with van der Waals surface area (Å²) in [5.41, 5.74) is 0.553. The van der Waals surface area contributed by atoms with Gasteiger partial charge in [-0.15, -0.1) is 6.58 Å². The Bertz CT molecular complexity index is 1730. The van der Waals surface area contributed by atoms with E-state index in [1.165, 1.54) is 11.0 Å². The number of carbonyl (C=O) groups is 5. The van der Waals surface area contributed by atoms with Gasteiger partial charge in [-0.3, -0.25) is 24.0 Å². The van der Waals surface area contributed by atoms with Crippen LogP contribution in [0.25, 0.3) is 6.08 Å². The van der Waals surface area contributed by atoms with Gasteiger partial charge >= 0.3 is 12.2 Å². The van der Waals surface area contributed by atoms with Gasteiger partial charge in [-0.25, -0.2) is 18.0 Å². The number of nitrogens with zero attached hydrogens (tertiary/aromatic N) is 2. The van der Waals surface area contributed by atoms with E-state index in [9.17, 15) is 32.4 Å². The lowest BCUT2D eigenvalue weighted by molar-refractivity contribution is -0.142. The Hall–Kier alpha value is -4.40. The van der Waals surface area contributed by atoms with Crippen molar-refractivity contribution < 1.29 is 41.9 Å². The van der Waals surface area contributed by atoms with Crippen molar-refractivity contribution in [3.63, 3.8) is 0 Å². The Labute approximate surface area is 292 Å². The van der Waals surface area contributed by atoms with E-state index in [-0.39, 0.29) is 26.0 Å². The monoisotopic (exact) mass is 711 g/mol. The minimum atomic E-state index is -3.90. The maximum absolute atomic E-state index is 14.3. The highest BCUT2D eigenvalue weighted by Gasteiger charge is 2.62. The molecule has 2 saturated carbocycles. The predicted octanol–water partition coefficient (Wildman–Crippen LogP) is 2.73. The first-order valence-electron chi connectivity index (χ1n) is 17.1. The Morgan fingerprint density at radius 1 is 1.14 bits per heavy atom. The summed E-state index contributed by atoms with van der Waals surface area (Å²) in [6, 6.07) is 3.51. The number of benzene rings is 1. The first kappa shape index (κ1) is 35.4. The predicted molar refractivity (Wildman–Crippen MR) is 181 cm³/mol. The third-order valence-electron chi connectivity index (χ3n) is 10.1. The minimum absolute atomic E-state index is 0.0871. The Kier molecular flexibility index (Phi) is 9.48. The highest BCUT2D eigenvalue weighted by molar-refractivity contribution is 7.91. The molecule has 4 bridgehead atoms. The average molecular weight is 712 g/mol. The summed E-state index contributed by atoms with van der Waals surface area (Å²) in [5, 5.41) is 4.76. The van der Waals surface area contributed by atoms with Gasteiger partial charge in [0.15, 0.2) is 0 Å². The summed E-state index contributed by atoms with van der Waals surface area (Å²) < 4.78 is 38.7. The van der Waals surface area contributed by atoms with E-state index in [0.29, 0.717) is 38.8 Å². The van der Waals surface area contributed by atoms with E-state index in [4.69, 9.17) is 9.47 Å². The number of fused-ring (bicyclic) bond motifs is 3. The number of allylic oxidation sites excluding steroid dienone is 1. The molecule has 0 aromatic heterocycles. The highest BCUT2D eigenvalue weighted by Crippen LogP contribution is 2.45. The number of ether oxygens (including phenoxy) is 2. The van der Waals surface area contributed by atoms with Crippen LogP contribution < -0.4 is 15.4 Å². The quantitative estimate of drug-likeness (QED) is 0.374. The second-order valence-corrected chi connectivity index (χ2v) is 16.9. The van der Waals surface area contributed by atoms with Gasteiger partial charge in [-0.1, -0.05) is 57.2 Å². The van der Waals surface area contributed by atoms with Crippen LogP contribution >= 0.6 is 0 Å². The maximum atomic E-state index is 14.3. The molecule has 2 aliphatic carbocycles. The largest absolute Gasteiger partial charge is 0.450 e. The van der Waals surface area contributed by atoms with Crippen LogP contribution in [0.5, 0.6) is 0 Å². The molecule has 14 nitrogen and oxygen atoms in total. The van der Waals surface area contributed by atoms with Crippen LogP contribution in [0.15, 0.2) is 36.9 Å². The van der Waals surface area contributed by atoms with Crippen LogP contribution in [0.4, 0.5) is 9.59 Å². The lowest BCUT2D eigenvalue weighted by Crippen LogP contribution is -2.60. The fourth-order valence-electron chi connectivity index (χ4n) is 6.89. The first-order chi connectivity index (χ1) is 23.6. The number of rotatable bonds is 6. The van der Waals surface area contributed by atoms with E-state index in [1.807, 2.05) is 30.4 Å². The minimum Gasteiger partial charge on any atom is -0.450 e. The second-order valence-electron chi connectivity index (χ2n) is 14.9. The number of hydrogen-bond donors (Lipinski definition) is 3. The molecular weight excluding hydrogens is 666 g/mol. The number of cyclic esters (lactones) is 1. The molecule has 1 aromatic rings. The Morgan fingerprint density at radius 3 is 2.58 bits per heavy atom. The van der Waals surface area contributed by atoms with Crippen molar-refractivity contribution in [1.29, 1.82) is 0 Å². The van der Waals surface area contributed by atoms with Gasteiger partial charge in [0.1, 0.15) is 23.7 Å². The van der Waals surface area contributed by atoms with Gasteiger partial charge in [-0.05, 0) is 54.2 Å². The summed E-state index contributed by atoms with van der Waals surface area (Å²) in [5.74, 6) is -2.72. The molecule has 3 fully saturated rings. The van der Waals surface area contributed by atoms with Gasteiger partial charge in [0.2, 0.25) is 21.8 Å². The number of nitrogens with one attached hydrogen (secondary N) is 3. The van der Waals surface area contributed by atoms with E-state index < -0.39 is 80.2 Å². The van der Waals surface area contributed by atoms with Crippen LogP contribution in [0, 0.1) is 11.3 Å². The summed E-state index contributed by atoms with van der Waals surface area (Å²) >= 11 is 0. The molecule has 50 heavy (non-hydrogen) atoms. The molecule has 5 amide bonds. The second kappa shape index (κ2) is 13.4. The highest BCUT2D eigenvalue weighted by atomic mass is 32.2. The van der Waals surface area contributed by atoms with Crippen molar-refractivity contribution >= 4 is 46.0 Å². The van der Waals surface area contributed by atoms with Gasteiger partial charge in [-0.2, -0.15) is 0 Å². The number of amides is 5. The van der Waals surface area contributed by atoms with Crippen molar-refractivity contribution in [2.75, 3.05) is 13.2 Å². The summed E-state index contributed by atoms with van der Waals surface area (Å²) in [4.78, 5) is 71.1. The normalized spacial score (nSPS) is 29.4. The topological polar surface area (TPSA) is 181 Å². The van der Waals surface area contributed by atoms with Crippen LogP contribution in [0.2, 0.25) is 0 Å². The standard InChI is InChI=1S/C35H45N5O9S/c1-5-23-17-35(23,31(43)38-50(46,47)25-13-14-25)37-29(41)27-16-24-19-40(27)30(42)28(34(2,3)4)36-32(44)48-15-8-6-7-10-21-11-9-12-22-18-39(20-26(21)22)33(45)49-24/h5,7,9-12,23-25,27-28H,1,6,8,13-20H2,2-4H3,(H,36,44)(H,37,41)(H,38,43)/b10-7-/t23-,24?,27?,28?,35-/m1/s1. The SMILES string of the molecule is C=C[C@@H]1C[C@]1(NC(=O)C1CC2CN1C(=O)C(C(C)(C)C)NC(=O)OCCC/C=C\c1cccc3c1CN(C3)C(=O)O2)C(=O)NS(=O)(=O)C1CC1. The third kappa shape index (κ3) is 7.23. The van der Waals surface area contributed by atoms with Crippen LogP contribution in [-0.4, -0.2) is 90.3 Å². The molecule has 3 unspecified atom stereocenters. The molecule has 1 aromatic carbocycles. The van der Waals surface area contributed by atoms with E-state index in [0.717, 1.165) is 16.7 Å². The molecule has 5 aliphatic rings. The molecule has 0 spiro atoms. The fraction of sp³-hybridized carbons (Fsp3) is 0.571. The Balaban J connectivity index is 1.27. The first-order valence-corrected chi connectivity index (χ1v) is 18.6.